The molecule has 2 rings (SSSR count). The maximum atomic E-state index is 11.0. The van der Waals surface area contributed by atoms with Gasteiger partial charge in [-0.3, -0.25) is 0 Å². The van der Waals surface area contributed by atoms with Gasteiger partial charge in [-0.05, 0) is 12.2 Å². The summed E-state index contributed by atoms with van der Waals surface area (Å²) >= 11 is 0. The third kappa shape index (κ3) is 2.44. The highest BCUT2D eigenvalue weighted by Gasteiger charge is 2.16. The zero-order valence-electron chi connectivity index (χ0n) is 10.8. The van der Waals surface area contributed by atoms with Gasteiger partial charge in [0.25, 0.3) is 0 Å². The van der Waals surface area contributed by atoms with Crippen molar-refractivity contribution in [2.24, 2.45) is 0 Å². The monoisotopic (exact) mass is 273 g/mol. The first-order valence-corrected chi connectivity index (χ1v) is 5.73. The number of aliphatic carboxylic acids is 1. The molecule has 0 aliphatic carbocycles. The Morgan fingerprint density at radius 1 is 1.30 bits per heavy atom. The molecule has 0 saturated carbocycles. The number of nitrogens with zero attached hydrogens (tertiary/aromatic N) is 2. The number of aromatic nitrogens is 1. The standard InChI is InChI=1S/C14H12N2O4/c1-15-5-3-9(13(17)18)7-11(15)12-8-10(14(19)20)4-6-16(12)2/h3-8H,1H2,2H3,(H-,17,18,19,20)/p+1/b12-11-. The Kier molecular flexibility index (Phi) is 3.39. The molecule has 1 aliphatic rings. The van der Waals surface area contributed by atoms with Crippen LogP contribution in [0.25, 0.3) is 5.70 Å². The molecule has 1 aromatic rings. The second-order valence-electron chi connectivity index (χ2n) is 4.29. The Hall–Kier alpha value is -2.89. The molecule has 1 aromatic heterocycles. The van der Waals surface area contributed by atoms with Crippen molar-refractivity contribution in [2.75, 3.05) is 7.05 Å². The number of carbonyl (C=O) groups is 2. The molecule has 6 heteroatoms. The Balaban J connectivity index is 2.76. The van der Waals surface area contributed by atoms with Crippen LogP contribution < -0.4 is 9.59 Å². The molecule has 0 fully saturated rings. The van der Waals surface area contributed by atoms with E-state index in [0.29, 0.717) is 11.0 Å². The van der Waals surface area contributed by atoms with Crippen LogP contribution in [0.1, 0.15) is 10.4 Å². The molecule has 0 atom stereocenters. The fraction of sp³-hybridized carbons (Fsp3) is 0.0714. The average Bonchev–Trinajstić information content (AvgIpc) is 2.39. The van der Waals surface area contributed by atoms with Crippen LogP contribution in [0.5, 0.6) is 0 Å². The first kappa shape index (κ1) is 13.5. The highest BCUT2D eigenvalue weighted by atomic mass is 16.4. The molecule has 102 valence electrons. The number of hydrogen-bond acceptors (Lipinski definition) is 3. The largest absolute Gasteiger partial charge is 0.478 e. The van der Waals surface area contributed by atoms with Crippen LogP contribution in [0, 0.1) is 6.72 Å². The molecule has 6 nitrogen and oxygen atoms in total. The van der Waals surface area contributed by atoms with Gasteiger partial charge in [-0.25, -0.2) is 9.59 Å². The third-order valence-corrected chi connectivity index (χ3v) is 2.94. The van der Waals surface area contributed by atoms with Crippen LogP contribution in [-0.4, -0.2) is 34.1 Å². The summed E-state index contributed by atoms with van der Waals surface area (Å²) in [4.78, 5) is 23.8. The minimum atomic E-state index is -1.05. The molecule has 2 N–H and O–H groups in total. The molecule has 0 radical (unpaired) electrons. The maximum absolute atomic E-state index is 11.0. The topological polar surface area (TPSA) is 83.7 Å². The first-order chi connectivity index (χ1) is 9.40. The number of carboxylic acid groups (broad SMARTS) is 2. The van der Waals surface area contributed by atoms with Gasteiger partial charge < -0.3 is 15.1 Å². The van der Waals surface area contributed by atoms with E-state index in [4.69, 9.17) is 10.2 Å². The van der Waals surface area contributed by atoms with E-state index in [1.165, 1.54) is 34.7 Å². The summed E-state index contributed by atoms with van der Waals surface area (Å²) in [5.41, 5.74) is 0.794. The van der Waals surface area contributed by atoms with Gasteiger partial charge in [0.05, 0.1) is 11.1 Å². The lowest BCUT2D eigenvalue weighted by atomic mass is 10.1. The van der Waals surface area contributed by atoms with Gasteiger partial charge in [0, 0.05) is 25.4 Å². The molecule has 0 bridgehead atoms. The van der Waals surface area contributed by atoms with E-state index in [1.54, 1.807) is 18.1 Å². The Labute approximate surface area is 114 Å². The van der Waals surface area contributed by atoms with Gasteiger partial charge in [0.15, 0.2) is 6.20 Å². The molecule has 20 heavy (non-hydrogen) atoms. The summed E-state index contributed by atoms with van der Waals surface area (Å²) in [5, 5.41) is 18.6. The van der Waals surface area contributed by atoms with Gasteiger partial charge in [0.1, 0.15) is 12.4 Å². The smallest absolute Gasteiger partial charge is 0.336 e. The molecule has 0 amide bonds. The minimum absolute atomic E-state index is 0.112. The Bertz CT molecular complexity index is 762. The fourth-order valence-electron chi connectivity index (χ4n) is 1.84. The van der Waals surface area contributed by atoms with Gasteiger partial charge in [-0.2, -0.15) is 4.24 Å². The maximum Gasteiger partial charge on any atom is 0.336 e. The quantitative estimate of drug-likeness (QED) is 0.735. The third-order valence-electron chi connectivity index (χ3n) is 2.94. The lowest BCUT2D eigenvalue weighted by Crippen LogP contribution is -2.40. The second-order valence-corrected chi connectivity index (χ2v) is 4.29. The van der Waals surface area contributed by atoms with Crippen molar-refractivity contribution in [3.63, 3.8) is 0 Å². The van der Waals surface area contributed by atoms with Crippen molar-refractivity contribution in [3.05, 3.63) is 59.9 Å². The molecular weight excluding hydrogens is 260 g/mol. The van der Waals surface area contributed by atoms with E-state index in [9.17, 15) is 9.59 Å². The highest BCUT2D eigenvalue weighted by Crippen LogP contribution is 2.15. The number of aromatic carboxylic acids is 1. The van der Waals surface area contributed by atoms with Crippen molar-refractivity contribution in [3.8, 4) is 0 Å². The number of rotatable bonds is 2. The van der Waals surface area contributed by atoms with Crippen molar-refractivity contribution >= 4 is 17.6 Å². The number of pyridine rings is 1. The predicted octanol–water partition coefficient (Wildman–Crippen LogP) is -0.110. The highest BCUT2D eigenvalue weighted by molar-refractivity contribution is 5.93. The number of carboxylic acids is 2. The average molecular weight is 273 g/mol. The summed E-state index contributed by atoms with van der Waals surface area (Å²) in [6, 6.07) is 2.89. The van der Waals surface area contributed by atoms with Crippen molar-refractivity contribution < 1.29 is 24.0 Å². The van der Waals surface area contributed by atoms with E-state index in [-0.39, 0.29) is 11.1 Å². The molecule has 0 unspecified atom stereocenters. The van der Waals surface area contributed by atoms with Crippen LogP contribution >= 0.6 is 0 Å². The summed E-state index contributed by atoms with van der Waals surface area (Å²) < 4.78 is 1.49. The van der Waals surface area contributed by atoms with E-state index < -0.39 is 11.9 Å². The van der Waals surface area contributed by atoms with E-state index in [0.717, 1.165) is 0 Å². The fourth-order valence-corrected chi connectivity index (χ4v) is 1.84. The Morgan fingerprint density at radius 3 is 2.60 bits per heavy atom. The van der Waals surface area contributed by atoms with Crippen molar-refractivity contribution in [1.29, 1.82) is 0 Å². The lowest BCUT2D eigenvalue weighted by Gasteiger charge is -2.17. The van der Waals surface area contributed by atoms with Gasteiger partial charge in [0.2, 0.25) is 5.35 Å². The normalized spacial score (nSPS) is 16.9. The molecule has 1 aliphatic heterocycles. The molecular formula is C14H13N2O4+. The van der Waals surface area contributed by atoms with Crippen LogP contribution in [0.15, 0.2) is 42.3 Å². The minimum Gasteiger partial charge on any atom is -0.478 e. The zero-order valence-corrected chi connectivity index (χ0v) is 10.8. The van der Waals surface area contributed by atoms with E-state index in [2.05, 4.69) is 6.72 Å². The molecule has 0 aromatic carbocycles. The lowest BCUT2D eigenvalue weighted by molar-refractivity contribution is -0.514. The van der Waals surface area contributed by atoms with Crippen molar-refractivity contribution in [2.45, 2.75) is 0 Å². The summed E-state index contributed by atoms with van der Waals surface area (Å²) in [5.74, 6) is -2.10. The van der Waals surface area contributed by atoms with Crippen LogP contribution in [-0.2, 0) is 4.79 Å². The number of likely N-dealkylation sites (N-methyl/N-ethyl adjacent to an activating group) is 1. The summed E-state index contributed by atoms with van der Waals surface area (Å²) in [6.07, 6.45) is 6.07. The number of hydrogen-bond donors (Lipinski definition) is 2. The van der Waals surface area contributed by atoms with E-state index >= 15 is 0 Å². The van der Waals surface area contributed by atoms with Crippen molar-refractivity contribution in [1.82, 2.24) is 4.90 Å². The van der Waals surface area contributed by atoms with Gasteiger partial charge in [-0.15, -0.1) is 0 Å². The van der Waals surface area contributed by atoms with Gasteiger partial charge >= 0.3 is 11.9 Å². The molecule has 0 spiro atoms. The summed E-state index contributed by atoms with van der Waals surface area (Å²) in [7, 11) is 1.74. The zero-order chi connectivity index (χ0) is 14.9. The first-order valence-electron chi connectivity index (χ1n) is 5.73. The summed E-state index contributed by atoms with van der Waals surface area (Å²) in [6.45, 7) is 3.78. The van der Waals surface area contributed by atoms with Crippen LogP contribution in [0.4, 0.5) is 0 Å². The van der Waals surface area contributed by atoms with Crippen LogP contribution in [0.3, 0.4) is 0 Å². The Morgan fingerprint density at radius 2 is 2.00 bits per heavy atom. The van der Waals surface area contributed by atoms with Crippen LogP contribution in [0.2, 0.25) is 0 Å². The van der Waals surface area contributed by atoms with Gasteiger partial charge in [-0.1, -0.05) is 0 Å². The second kappa shape index (κ2) is 5.00. The predicted molar refractivity (Wildman–Crippen MR) is 70.0 cm³/mol. The SMILES string of the molecule is C=[n+]1ccc(C(=O)O)c/c1=C1\C=C(C(=O)O)C=CN1C. The molecule has 2 heterocycles. The van der Waals surface area contributed by atoms with E-state index in [1.807, 2.05) is 0 Å². The molecule has 0 saturated heterocycles.